The number of nitrogens with zero attached hydrogens (tertiary/aromatic N) is 4. The highest BCUT2D eigenvalue weighted by Gasteiger charge is 2.10. The summed E-state index contributed by atoms with van der Waals surface area (Å²) in [6, 6.07) is 8.67. The second-order valence-electron chi connectivity index (χ2n) is 6.74. The number of benzene rings is 1. The average molecular weight is 390 g/mol. The van der Waals surface area contributed by atoms with E-state index in [0.29, 0.717) is 11.8 Å². The summed E-state index contributed by atoms with van der Waals surface area (Å²) in [5, 5.41) is 7.37. The van der Waals surface area contributed by atoms with Crippen molar-refractivity contribution < 1.29 is 4.52 Å². The average Bonchev–Trinajstić information content (AvgIpc) is 3.14. The van der Waals surface area contributed by atoms with Crippen molar-refractivity contribution in [2.24, 2.45) is 4.99 Å². The van der Waals surface area contributed by atoms with E-state index in [0.717, 1.165) is 44.3 Å². The highest BCUT2D eigenvalue weighted by Crippen LogP contribution is 2.15. The first-order chi connectivity index (χ1) is 13.0. The fourth-order valence-electron chi connectivity index (χ4n) is 2.57. The normalized spacial score (nSPS) is 11.9. The van der Waals surface area contributed by atoms with Crippen molar-refractivity contribution in [1.82, 2.24) is 20.4 Å². The van der Waals surface area contributed by atoms with Crippen molar-refractivity contribution in [1.29, 1.82) is 0 Å². The number of hydrogen-bond donors (Lipinski definition) is 1. The van der Waals surface area contributed by atoms with Gasteiger partial charge >= 0.3 is 0 Å². The molecular weight excluding hydrogens is 358 g/mol. The Kier molecular flexibility index (Phi) is 8.64. The third kappa shape index (κ3) is 6.90. The first kappa shape index (κ1) is 21.3. The Balaban J connectivity index is 1.87. The molecule has 0 fully saturated rings. The SMILES string of the molecule is CCNC(=NCCCc1nc(C(C)C)no1)N(C)Cc1ccc(SC)cc1. The first-order valence-electron chi connectivity index (χ1n) is 9.48. The number of hydrogen-bond acceptors (Lipinski definition) is 5. The molecule has 2 aromatic rings. The third-order valence-corrected chi connectivity index (χ3v) is 4.83. The molecule has 1 N–H and O–H groups in total. The summed E-state index contributed by atoms with van der Waals surface area (Å²) >= 11 is 1.76. The van der Waals surface area contributed by atoms with Gasteiger partial charge in [-0.2, -0.15) is 4.98 Å². The van der Waals surface area contributed by atoms with Gasteiger partial charge in [0, 0.05) is 43.9 Å². The summed E-state index contributed by atoms with van der Waals surface area (Å²) in [6.45, 7) is 8.59. The van der Waals surface area contributed by atoms with Gasteiger partial charge in [0.25, 0.3) is 0 Å². The Hall–Kier alpha value is -2.02. The van der Waals surface area contributed by atoms with Crippen LogP contribution in [0.3, 0.4) is 0 Å². The van der Waals surface area contributed by atoms with E-state index in [1.54, 1.807) is 11.8 Å². The summed E-state index contributed by atoms with van der Waals surface area (Å²) < 4.78 is 5.29. The predicted molar refractivity (Wildman–Crippen MR) is 112 cm³/mol. The molecule has 7 heteroatoms. The van der Waals surface area contributed by atoms with Crippen molar-refractivity contribution in [3.63, 3.8) is 0 Å². The molecule has 0 saturated heterocycles. The largest absolute Gasteiger partial charge is 0.357 e. The molecule has 1 aromatic carbocycles. The topological polar surface area (TPSA) is 66.5 Å². The lowest BCUT2D eigenvalue weighted by molar-refractivity contribution is 0.369. The highest BCUT2D eigenvalue weighted by molar-refractivity contribution is 7.98. The fourth-order valence-corrected chi connectivity index (χ4v) is 2.98. The molecule has 27 heavy (non-hydrogen) atoms. The van der Waals surface area contributed by atoms with Gasteiger partial charge in [-0.25, -0.2) is 0 Å². The van der Waals surface area contributed by atoms with Gasteiger partial charge in [-0.05, 0) is 37.3 Å². The summed E-state index contributed by atoms with van der Waals surface area (Å²) in [7, 11) is 2.07. The second kappa shape index (κ2) is 11.0. The van der Waals surface area contributed by atoms with Crippen molar-refractivity contribution in [2.45, 2.75) is 51.0 Å². The molecule has 0 aliphatic rings. The van der Waals surface area contributed by atoms with Crippen LogP contribution in [-0.4, -0.2) is 47.4 Å². The van der Waals surface area contributed by atoms with Crippen molar-refractivity contribution in [3.8, 4) is 0 Å². The van der Waals surface area contributed by atoms with Gasteiger partial charge in [0.15, 0.2) is 11.8 Å². The number of guanidine groups is 1. The van der Waals surface area contributed by atoms with E-state index in [2.05, 4.69) is 78.7 Å². The van der Waals surface area contributed by atoms with E-state index in [1.165, 1.54) is 10.5 Å². The molecule has 148 valence electrons. The van der Waals surface area contributed by atoms with Crippen LogP contribution in [0.4, 0.5) is 0 Å². The van der Waals surface area contributed by atoms with E-state index in [1.807, 2.05) is 0 Å². The molecule has 6 nitrogen and oxygen atoms in total. The summed E-state index contributed by atoms with van der Waals surface area (Å²) in [6.07, 6.45) is 3.72. The van der Waals surface area contributed by atoms with Crippen LogP contribution in [0, 0.1) is 0 Å². The zero-order valence-electron chi connectivity index (χ0n) is 17.0. The smallest absolute Gasteiger partial charge is 0.226 e. The van der Waals surface area contributed by atoms with Crippen LogP contribution in [0.1, 0.15) is 50.4 Å². The van der Waals surface area contributed by atoms with Crippen LogP contribution in [0.5, 0.6) is 0 Å². The summed E-state index contributed by atoms with van der Waals surface area (Å²) in [4.78, 5) is 12.6. The van der Waals surface area contributed by atoms with Gasteiger partial charge in [-0.15, -0.1) is 11.8 Å². The van der Waals surface area contributed by atoms with Crippen LogP contribution >= 0.6 is 11.8 Å². The quantitative estimate of drug-likeness (QED) is 0.303. The molecule has 1 aromatic heterocycles. The minimum Gasteiger partial charge on any atom is -0.357 e. The molecule has 1 heterocycles. The molecular formula is C20H31N5OS. The van der Waals surface area contributed by atoms with Crippen LogP contribution in [0.25, 0.3) is 0 Å². The zero-order valence-corrected chi connectivity index (χ0v) is 17.8. The van der Waals surface area contributed by atoms with Gasteiger partial charge in [-0.1, -0.05) is 31.1 Å². The third-order valence-electron chi connectivity index (χ3n) is 4.09. The molecule has 0 spiro atoms. The standard InChI is InChI=1S/C20H31N5OS/c1-6-21-20(25(4)14-16-9-11-17(27-5)12-10-16)22-13-7-8-18-23-19(15(2)3)24-26-18/h9-12,15H,6-8,13-14H2,1-5H3,(H,21,22). The van der Waals surface area contributed by atoms with E-state index in [-0.39, 0.29) is 0 Å². The first-order valence-corrected chi connectivity index (χ1v) is 10.7. The fraction of sp³-hybridized carbons (Fsp3) is 0.550. The van der Waals surface area contributed by atoms with Gasteiger partial charge in [-0.3, -0.25) is 4.99 Å². The lowest BCUT2D eigenvalue weighted by atomic mass is 10.2. The van der Waals surface area contributed by atoms with Crippen LogP contribution in [-0.2, 0) is 13.0 Å². The predicted octanol–water partition coefficient (Wildman–Crippen LogP) is 3.95. The molecule has 0 saturated carbocycles. The van der Waals surface area contributed by atoms with Gasteiger partial charge < -0.3 is 14.7 Å². The Bertz CT molecular complexity index is 711. The van der Waals surface area contributed by atoms with Crippen LogP contribution in [0.15, 0.2) is 38.7 Å². The van der Waals surface area contributed by atoms with Crippen molar-refractivity contribution in [3.05, 3.63) is 41.5 Å². The molecule has 0 radical (unpaired) electrons. The Morgan fingerprint density at radius 2 is 2.04 bits per heavy atom. The lowest BCUT2D eigenvalue weighted by Gasteiger charge is -2.22. The summed E-state index contributed by atoms with van der Waals surface area (Å²) in [5.74, 6) is 2.68. The van der Waals surface area contributed by atoms with Crippen molar-refractivity contribution in [2.75, 3.05) is 26.4 Å². The molecule has 2 rings (SSSR count). The number of thioether (sulfide) groups is 1. The van der Waals surface area contributed by atoms with E-state index >= 15 is 0 Å². The zero-order chi connectivity index (χ0) is 19.6. The number of aliphatic imine (C=N–C) groups is 1. The van der Waals surface area contributed by atoms with Gasteiger partial charge in [0.2, 0.25) is 5.89 Å². The van der Waals surface area contributed by atoms with Gasteiger partial charge in [0.05, 0.1) is 0 Å². The molecule has 0 amide bonds. The maximum Gasteiger partial charge on any atom is 0.226 e. The molecule has 0 aliphatic carbocycles. The van der Waals surface area contributed by atoms with Crippen LogP contribution in [0.2, 0.25) is 0 Å². The number of aryl methyl sites for hydroxylation is 1. The summed E-state index contributed by atoms with van der Waals surface area (Å²) in [5.41, 5.74) is 1.27. The second-order valence-corrected chi connectivity index (χ2v) is 7.62. The monoisotopic (exact) mass is 389 g/mol. The van der Waals surface area contributed by atoms with E-state index in [9.17, 15) is 0 Å². The maximum atomic E-state index is 5.29. The van der Waals surface area contributed by atoms with Gasteiger partial charge in [0.1, 0.15) is 0 Å². The van der Waals surface area contributed by atoms with E-state index < -0.39 is 0 Å². The lowest BCUT2D eigenvalue weighted by Crippen LogP contribution is -2.38. The Labute approximate surface area is 166 Å². The maximum absolute atomic E-state index is 5.29. The molecule has 0 unspecified atom stereocenters. The van der Waals surface area contributed by atoms with Crippen molar-refractivity contribution >= 4 is 17.7 Å². The number of nitrogens with one attached hydrogen (secondary N) is 1. The molecule has 0 atom stereocenters. The minimum atomic E-state index is 0.291. The number of aromatic nitrogens is 2. The molecule has 0 bridgehead atoms. The minimum absolute atomic E-state index is 0.291. The highest BCUT2D eigenvalue weighted by atomic mass is 32.2. The Morgan fingerprint density at radius 1 is 1.30 bits per heavy atom. The number of rotatable bonds is 9. The van der Waals surface area contributed by atoms with Crippen LogP contribution < -0.4 is 5.32 Å². The Morgan fingerprint density at radius 3 is 2.63 bits per heavy atom. The van der Waals surface area contributed by atoms with E-state index in [4.69, 9.17) is 9.52 Å². The molecule has 0 aliphatic heterocycles.